The van der Waals surface area contributed by atoms with Gasteiger partial charge >= 0.3 is 0 Å². The summed E-state index contributed by atoms with van der Waals surface area (Å²) in [5, 5.41) is 0. The van der Waals surface area contributed by atoms with E-state index in [-0.39, 0.29) is 0 Å². The first-order valence-corrected chi connectivity index (χ1v) is 7.35. The van der Waals surface area contributed by atoms with Crippen molar-refractivity contribution in [1.82, 2.24) is 0 Å². The van der Waals surface area contributed by atoms with Gasteiger partial charge in [0, 0.05) is 0 Å². The van der Waals surface area contributed by atoms with Gasteiger partial charge < -0.3 is 0 Å². The van der Waals surface area contributed by atoms with Crippen molar-refractivity contribution in [3.8, 4) is 0 Å². The second-order valence-corrected chi connectivity index (χ2v) is 6.49. The molecule has 0 heterocycles. The Hall–Kier alpha value is 0.430. The Morgan fingerprint density at radius 2 is 1.85 bits per heavy atom. The predicted molar refractivity (Wildman–Crippen MR) is 66.2 cm³/mol. The Labute approximate surface area is 86.7 Å². The van der Waals surface area contributed by atoms with Crippen LogP contribution in [-0.4, -0.2) is 12.8 Å². The van der Waals surface area contributed by atoms with E-state index in [1.165, 1.54) is 31.8 Å². The molecular formula is C12H27P. The van der Waals surface area contributed by atoms with Gasteiger partial charge in [-0.3, -0.25) is 0 Å². The van der Waals surface area contributed by atoms with Crippen molar-refractivity contribution in [2.45, 2.75) is 53.4 Å². The summed E-state index contributed by atoms with van der Waals surface area (Å²) < 4.78 is 0. The van der Waals surface area contributed by atoms with Crippen molar-refractivity contribution >= 4 is 8.58 Å². The summed E-state index contributed by atoms with van der Waals surface area (Å²) in [7, 11) is 1.15. The van der Waals surface area contributed by atoms with E-state index in [2.05, 4.69) is 34.4 Å². The molecule has 80 valence electrons. The van der Waals surface area contributed by atoms with Crippen LogP contribution >= 0.6 is 8.58 Å². The van der Waals surface area contributed by atoms with E-state index in [9.17, 15) is 0 Å². The molecule has 0 aromatic heterocycles. The first-order valence-electron chi connectivity index (χ1n) is 5.64. The highest BCUT2D eigenvalue weighted by molar-refractivity contribution is 7.36. The van der Waals surface area contributed by atoms with Crippen molar-refractivity contribution in [1.29, 1.82) is 0 Å². The Morgan fingerprint density at radius 1 is 1.23 bits per heavy atom. The lowest BCUT2D eigenvalue weighted by molar-refractivity contribution is 0.275. The van der Waals surface area contributed by atoms with Gasteiger partial charge in [0.15, 0.2) is 0 Å². The molecule has 0 fully saturated rings. The first kappa shape index (κ1) is 13.4. The van der Waals surface area contributed by atoms with Crippen LogP contribution in [0.2, 0.25) is 0 Å². The molecule has 1 heteroatoms. The fraction of sp³-hybridized carbons (Fsp3) is 1.00. The second-order valence-electron chi connectivity index (χ2n) is 5.28. The molecule has 0 aliphatic rings. The molecule has 2 unspecified atom stereocenters. The maximum absolute atomic E-state index is 2.36. The third-order valence-electron chi connectivity index (χ3n) is 2.52. The topological polar surface area (TPSA) is 0 Å². The van der Waals surface area contributed by atoms with Crippen LogP contribution in [0.4, 0.5) is 0 Å². The van der Waals surface area contributed by atoms with E-state index in [1.807, 2.05) is 0 Å². The summed E-state index contributed by atoms with van der Waals surface area (Å²) in [6.45, 7) is 11.7. The van der Waals surface area contributed by atoms with Crippen molar-refractivity contribution in [2.75, 3.05) is 12.8 Å². The van der Waals surface area contributed by atoms with Gasteiger partial charge in [0.05, 0.1) is 0 Å². The standard InChI is InChI=1S/C12H27P/c1-6-11(8-7-9-13-5)10-12(2,3)4/h11,13H,6-10H2,1-5H3. The summed E-state index contributed by atoms with van der Waals surface area (Å²) in [5.74, 6) is 0.969. The van der Waals surface area contributed by atoms with E-state index >= 15 is 0 Å². The Bertz CT molecular complexity index is 113. The molecule has 0 N–H and O–H groups in total. The minimum Gasteiger partial charge on any atom is -0.125 e. The van der Waals surface area contributed by atoms with Crippen molar-refractivity contribution in [3.63, 3.8) is 0 Å². The molecule has 0 aromatic carbocycles. The average Bonchev–Trinajstić information content (AvgIpc) is 2.01. The van der Waals surface area contributed by atoms with Crippen molar-refractivity contribution in [3.05, 3.63) is 0 Å². The van der Waals surface area contributed by atoms with Gasteiger partial charge in [0.1, 0.15) is 0 Å². The monoisotopic (exact) mass is 202 g/mol. The van der Waals surface area contributed by atoms with Crippen LogP contribution < -0.4 is 0 Å². The molecule has 0 radical (unpaired) electrons. The number of hydrogen-bond donors (Lipinski definition) is 0. The molecule has 0 aliphatic carbocycles. The van der Waals surface area contributed by atoms with E-state index < -0.39 is 0 Å². The van der Waals surface area contributed by atoms with Crippen LogP contribution in [0, 0.1) is 11.3 Å². The van der Waals surface area contributed by atoms with Gasteiger partial charge in [-0.25, -0.2) is 0 Å². The summed E-state index contributed by atoms with van der Waals surface area (Å²) in [4.78, 5) is 0. The van der Waals surface area contributed by atoms with Gasteiger partial charge in [-0.2, -0.15) is 0 Å². The molecule has 0 aliphatic heterocycles. The van der Waals surface area contributed by atoms with Crippen LogP contribution in [0.3, 0.4) is 0 Å². The molecule has 0 saturated carbocycles. The van der Waals surface area contributed by atoms with Gasteiger partial charge in [-0.05, 0) is 37.0 Å². The van der Waals surface area contributed by atoms with E-state index in [0.29, 0.717) is 5.41 Å². The fourth-order valence-electron chi connectivity index (χ4n) is 1.88. The summed E-state index contributed by atoms with van der Waals surface area (Å²) >= 11 is 0. The molecule has 0 aromatic rings. The molecule has 0 rings (SSSR count). The Morgan fingerprint density at radius 3 is 2.23 bits per heavy atom. The maximum atomic E-state index is 2.36. The quantitative estimate of drug-likeness (QED) is 0.438. The van der Waals surface area contributed by atoms with E-state index in [1.54, 1.807) is 0 Å². The molecule has 2 atom stereocenters. The highest BCUT2D eigenvalue weighted by Gasteiger charge is 2.16. The van der Waals surface area contributed by atoms with E-state index in [4.69, 9.17) is 0 Å². The lowest BCUT2D eigenvalue weighted by Crippen LogP contribution is -2.12. The van der Waals surface area contributed by atoms with Crippen LogP contribution in [0.5, 0.6) is 0 Å². The SMILES string of the molecule is CCC(CCCPC)CC(C)(C)C. The number of rotatable bonds is 6. The molecule has 0 saturated heterocycles. The summed E-state index contributed by atoms with van der Waals surface area (Å²) in [6, 6.07) is 0. The van der Waals surface area contributed by atoms with Crippen molar-refractivity contribution in [2.24, 2.45) is 11.3 Å². The fourth-order valence-corrected chi connectivity index (χ4v) is 2.44. The zero-order chi connectivity index (χ0) is 10.3. The smallest absolute Gasteiger partial charge is 0.0356 e. The predicted octanol–water partition coefficient (Wildman–Crippen LogP) is 4.54. The maximum Gasteiger partial charge on any atom is -0.0356 e. The zero-order valence-corrected chi connectivity index (χ0v) is 11.1. The molecule has 0 amide bonds. The molecule has 0 bridgehead atoms. The third-order valence-corrected chi connectivity index (χ3v) is 3.37. The summed E-state index contributed by atoms with van der Waals surface area (Å²) in [5.41, 5.74) is 0.523. The van der Waals surface area contributed by atoms with Crippen LogP contribution in [-0.2, 0) is 0 Å². The van der Waals surface area contributed by atoms with Crippen LogP contribution in [0.15, 0.2) is 0 Å². The highest BCUT2D eigenvalue weighted by atomic mass is 31.1. The summed E-state index contributed by atoms with van der Waals surface area (Å²) in [6.07, 6.45) is 7.11. The van der Waals surface area contributed by atoms with Gasteiger partial charge in [-0.15, -0.1) is 8.58 Å². The lowest BCUT2D eigenvalue weighted by Gasteiger charge is -2.25. The highest BCUT2D eigenvalue weighted by Crippen LogP contribution is 2.29. The minimum absolute atomic E-state index is 0.523. The van der Waals surface area contributed by atoms with Crippen molar-refractivity contribution < 1.29 is 0 Å². The molecule has 0 spiro atoms. The number of hydrogen-bond acceptors (Lipinski definition) is 0. The zero-order valence-electron chi connectivity index (χ0n) is 10.1. The van der Waals surface area contributed by atoms with Crippen LogP contribution in [0.25, 0.3) is 0 Å². The van der Waals surface area contributed by atoms with Gasteiger partial charge in [-0.1, -0.05) is 40.5 Å². The normalized spacial score (nSPS) is 15.5. The third kappa shape index (κ3) is 8.75. The first-order chi connectivity index (χ1) is 5.99. The van der Waals surface area contributed by atoms with Crippen LogP contribution in [0.1, 0.15) is 53.4 Å². The second kappa shape index (κ2) is 6.82. The lowest BCUT2D eigenvalue weighted by atomic mass is 9.82. The molecule has 0 nitrogen and oxygen atoms in total. The van der Waals surface area contributed by atoms with Gasteiger partial charge in [0.2, 0.25) is 0 Å². The average molecular weight is 202 g/mol. The Balaban J connectivity index is 3.63. The van der Waals surface area contributed by atoms with E-state index in [0.717, 1.165) is 14.5 Å². The minimum atomic E-state index is 0.523. The largest absolute Gasteiger partial charge is 0.125 e. The Kier molecular flexibility index (Phi) is 7.05. The molecular weight excluding hydrogens is 175 g/mol. The molecule has 13 heavy (non-hydrogen) atoms. The van der Waals surface area contributed by atoms with Gasteiger partial charge in [0.25, 0.3) is 0 Å².